The fourth-order valence-electron chi connectivity index (χ4n) is 7.07. The average Bonchev–Trinajstić information content (AvgIpc) is 3.57. The van der Waals surface area contributed by atoms with Crippen molar-refractivity contribution < 1.29 is 14.3 Å². The van der Waals surface area contributed by atoms with Gasteiger partial charge in [-0.15, -0.1) is 0 Å². The highest BCUT2D eigenvalue weighted by atomic mass is 16.5. The summed E-state index contributed by atoms with van der Waals surface area (Å²) in [4.78, 5) is 29.1. The summed E-state index contributed by atoms with van der Waals surface area (Å²) in [7, 11) is 3.27. The second-order valence-electron chi connectivity index (χ2n) is 12.7. The molecule has 0 aliphatic carbocycles. The van der Waals surface area contributed by atoms with E-state index in [-0.39, 0.29) is 11.6 Å². The molecule has 0 bridgehead atoms. The summed E-state index contributed by atoms with van der Waals surface area (Å²) in [5, 5.41) is 13.5. The minimum absolute atomic E-state index is 0.273. The smallest absolute Gasteiger partial charge is 0.277 e. The van der Waals surface area contributed by atoms with Crippen LogP contribution in [-0.4, -0.2) is 115 Å². The molecule has 12 nitrogen and oxygen atoms in total. The minimum Gasteiger partial charge on any atom is -0.497 e. The Morgan fingerprint density at radius 1 is 0.870 bits per heavy atom. The molecule has 248 valence electrons. The summed E-state index contributed by atoms with van der Waals surface area (Å²) in [5.74, 6) is 2.54. The predicted molar refractivity (Wildman–Crippen MR) is 179 cm³/mol. The molecule has 4 aliphatic heterocycles. The van der Waals surface area contributed by atoms with E-state index in [0.29, 0.717) is 18.3 Å². The normalized spacial score (nSPS) is 21.7. The van der Waals surface area contributed by atoms with Gasteiger partial charge >= 0.3 is 0 Å². The van der Waals surface area contributed by atoms with Gasteiger partial charge < -0.3 is 25.0 Å². The van der Waals surface area contributed by atoms with Crippen LogP contribution in [0.2, 0.25) is 0 Å². The number of ether oxygens (including phenoxy) is 2. The molecule has 12 heteroatoms. The number of carbonyl (C=O) groups excluding carboxylic acids is 1. The Kier molecular flexibility index (Phi) is 11.0. The van der Waals surface area contributed by atoms with E-state index >= 15 is 0 Å². The summed E-state index contributed by atoms with van der Waals surface area (Å²) in [6, 6.07) is 9.11. The minimum atomic E-state index is -0.320. The Hall–Kier alpha value is -3.74. The lowest BCUT2D eigenvalue weighted by molar-refractivity contribution is 0.102. The van der Waals surface area contributed by atoms with Crippen molar-refractivity contribution in [3.8, 4) is 11.5 Å². The Bertz CT molecular complexity index is 1370. The Morgan fingerprint density at radius 2 is 1.63 bits per heavy atom. The molecule has 1 aromatic carbocycles. The highest BCUT2D eigenvalue weighted by Crippen LogP contribution is 2.25. The number of piperidine rings is 2. The molecule has 0 radical (unpaired) electrons. The number of nitrogens with zero attached hydrogens (tertiary/aromatic N) is 6. The van der Waals surface area contributed by atoms with Gasteiger partial charge in [0, 0.05) is 63.5 Å². The number of rotatable bonds is 8. The van der Waals surface area contributed by atoms with E-state index in [2.05, 4.69) is 45.5 Å². The number of nitrogens with one attached hydrogen (secondary N) is 3. The molecule has 2 unspecified atom stereocenters. The summed E-state index contributed by atoms with van der Waals surface area (Å²) in [6.45, 7) is 9.25. The van der Waals surface area contributed by atoms with Crippen LogP contribution in [0.25, 0.3) is 0 Å². The van der Waals surface area contributed by atoms with E-state index in [1.54, 1.807) is 26.6 Å². The zero-order valence-corrected chi connectivity index (χ0v) is 27.3. The van der Waals surface area contributed by atoms with Gasteiger partial charge in [0.05, 0.1) is 32.3 Å². The van der Waals surface area contributed by atoms with Crippen LogP contribution in [-0.2, 0) is 12.8 Å². The standard InChI is InChI=1S/C26H33N7O3.C8H16N2/c1-35-21-11-18(12-22(14-21)36-2)6-7-19-13-24(31-30-19)29-26(34)23-15-28-25(16-27-23)33-10-9-32-8-4-3-5-20(32)17-33;1-2-5-10-6-4-9-7-8(10)3-1/h11-16,20H,3-10,17H2,1-2H3,(H2,29,30,31,34);8-9H,1-7H2. The highest BCUT2D eigenvalue weighted by molar-refractivity contribution is 6.02. The SMILES string of the molecule is C1CCN2CCNCC2C1.COc1cc(CCc2cc(NC(=O)c3cnc(N4CCN5CCCCC5C4)cn3)[nH]n2)cc(OC)c1. The molecule has 2 aromatic heterocycles. The molecule has 1 amide bonds. The van der Waals surface area contributed by atoms with Crippen molar-refractivity contribution in [3.05, 3.63) is 53.6 Å². The number of piperazine rings is 2. The van der Waals surface area contributed by atoms with E-state index in [0.717, 1.165) is 60.7 Å². The van der Waals surface area contributed by atoms with Crippen LogP contribution in [0.4, 0.5) is 11.6 Å². The quantitative estimate of drug-likeness (QED) is 0.341. The highest BCUT2D eigenvalue weighted by Gasteiger charge is 2.29. The number of benzene rings is 1. The molecule has 0 spiro atoms. The molecular formula is C34H49N9O3. The Balaban J connectivity index is 0.000000314. The number of carbonyl (C=O) groups is 1. The maximum atomic E-state index is 12.7. The summed E-state index contributed by atoms with van der Waals surface area (Å²) in [6.07, 6.45) is 12.8. The number of aryl methyl sites for hydroxylation is 2. The van der Waals surface area contributed by atoms with Crippen molar-refractivity contribution >= 4 is 17.5 Å². The Morgan fingerprint density at radius 3 is 2.35 bits per heavy atom. The number of hydrogen-bond donors (Lipinski definition) is 3. The molecule has 2 atom stereocenters. The van der Waals surface area contributed by atoms with Crippen LogP contribution in [0.15, 0.2) is 36.7 Å². The van der Waals surface area contributed by atoms with E-state index in [1.165, 1.54) is 71.2 Å². The number of fused-ring (bicyclic) bond motifs is 2. The molecule has 3 aromatic rings. The van der Waals surface area contributed by atoms with Crippen LogP contribution >= 0.6 is 0 Å². The summed E-state index contributed by atoms with van der Waals surface area (Å²) in [5.41, 5.74) is 2.20. The van der Waals surface area contributed by atoms with Gasteiger partial charge in [0.2, 0.25) is 0 Å². The monoisotopic (exact) mass is 631 g/mol. The molecule has 6 heterocycles. The fraction of sp³-hybridized carbons (Fsp3) is 0.588. The second-order valence-corrected chi connectivity index (χ2v) is 12.7. The van der Waals surface area contributed by atoms with E-state index in [1.807, 2.05) is 24.3 Å². The lowest BCUT2D eigenvalue weighted by atomic mass is 9.99. The first-order valence-electron chi connectivity index (χ1n) is 16.9. The van der Waals surface area contributed by atoms with Gasteiger partial charge in [-0.1, -0.05) is 12.8 Å². The zero-order chi connectivity index (χ0) is 31.7. The van der Waals surface area contributed by atoms with Crippen LogP contribution in [0, 0.1) is 0 Å². The lowest BCUT2D eigenvalue weighted by Gasteiger charge is -2.44. The van der Waals surface area contributed by atoms with Crippen LogP contribution in [0.5, 0.6) is 11.5 Å². The molecule has 7 rings (SSSR count). The first-order valence-corrected chi connectivity index (χ1v) is 16.9. The third kappa shape index (κ3) is 8.34. The van der Waals surface area contributed by atoms with Gasteiger partial charge in [-0.25, -0.2) is 9.97 Å². The van der Waals surface area contributed by atoms with Gasteiger partial charge in [-0.3, -0.25) is 19.7 Å². The van der Waals surface area contributed by atoms with Gasteiger partial charge in [0.15, 0.2) is 0 Å². The summed E-state index contributed by atoms with van der Waals surface area (Å²) < 4.78 is 10.7. The molecule has 4 aliphatic rings. The van der Waals surface area contributed by atoms with Crippen LogP contribution in [0.3, 0.4) is 0 Å². The van der Waals surface area contributed by atoms with Crippen LogP contribution in [0.1, 0.15) is 60.3 Å². The maximum Gasteiger partial charge on any atom is 0.277 e. The third-order valence-corrected chi connectivity index (χ3v) is 9.70. The number of anilines is 2. The fourth-order valence-corrected chi connectivity index (χ4v) is 7.07. The topological polar surface area (TPSA) is 124 Å². The second kappa shape index (κ2) is 15.7. The maximum absolute atomic E-state index is 12.7. The third-order valence-electron chi connectivity index (χ3n) is 9.70. The van der Waals surface area contributed by atoms with E-state index in [4.69, 9.17) is 9.47 Å². The molecule has 4 saturated heterocycles. The first kappa shape index (κ1) is 32.2. The van der Waals surface area contributed by atoms with E-state index in [9.17, 15) is 4.79 Å². The molecule has 4 fully saturated rings. The number of aromatic nitrogens is 4. The summed E-state index contributed by atoms with van der Waals surface area (Å²) >= 11 is 0. The van der Waals surface area contributed by atoms with Gasteiger partial charge in [0.1, 0.15) is 28.8 Å². The molecular weight excluding hydrogens is 582 g/mol. The molecule has 3 N–H and O–H groups in total. The van der Waals surface area contributed by atoms with Crippen molar-refractivity contribution in [2.45, 2.75) is 63.5 Å². The lowest BCUT2D eigenvalue weighted by Crippen LogP contribution is -2.55. The van der Waals surface area contributed by atoms with Gasteiger partial charge in [0.25, 0.3) is 5.91 Å². The van der Waals surface area contributed by atoms with Crippen molar-refractivity contribution in [1.82, 2.24) is 35.3 Å². The average molecular weight is 632 g/mol. The van der Waals surface area contributed by atoms with Crippen molar-refractivity contribution in [2.75, 3.05) is 76.8 Å². The number of methoxy groups -OCH3 is 2. The number of H-pyrrole nitrogens is 1. The van der Waals surface area contributed by atoms with Crippen molar-refractivity contribution in [1.29, 1.82) is 0 Å². The number of aromatic amines is 1. The number of hydrogen-bond acceptors (Lipinski definition) is 10. The van der Waals surface area contributed by atoms with E-state index < -0.39 is 0 Å². The molecule has 46 heavy (non-hydrogen) atoms. The van der Waals surface area contributed by atoms with Gasteiger partial charge in [-0.2, -0.15) is 5.10 Å². The number of amides is 1. The molecule has 0 saturated carbocycles. The van der Waals surface area contributed by atoms with Gasteiger partial charge in [-0.05, 0) is 69.3 Å². The van der Waals surface area contributed by atoms with Crippen molar-refractivity contribution in [3.63, 3.8) is 0 Å². The first-order chi connectivity index (χ1) is 22.6. The zero-order valence-electron chi connectivity index (χ0n) is 27.3. The predicted octanol–water partition coefficient (Wildman–Crippen LogP) is 3.37. The van der Waals surface area contributed by atoms with Crippen LogP contribution < -0.4 is 25.0 Å². The largest absolute Gasteiger partial charge is 0.497 e. The Labute approximate surface area is 272 Å². The van der Waals surface area contributed by atoms with Crippen molar-refractivity contribution in [2.24, 2.45) is 0 Å².